The van der Waals surface area contributed by atoms with Crippen LogP contribution in [-0.2, 0) is 6.42 Å². The van der Waals surface area contributed by atoms with Crippen LogP contribution in [0.5, 0.6) is 0 Å². The zero-order valence-corrected chi connectivity index (χ0v) is 13.8. The van der Waals surface area contributed by atoms with Gasteiger partial charge in [-0.25, -0.2) is 4.68 Å². The summed E-state index contributed by atoms with van der Waals surface area (Å²) in [4.78, 5) is 0. The maximum Gasteiger partial charge on any atom is 0.185 e. The lowest BCUT2D eigenvalue weighted by Crippen LogP contribution is -2.14. The Balaban J connectivity index is 1.78. The summed E-state index contributed by atoms with van der Waals surface area (Å²) in [5, 5.41) is 17.7. The molecule has 4 heteroatoms. The smallest absolute Gasteiger partial charge is 0.185 e. The first-order valence-corrected chi connectivity index (χ1v) is 8.68. The molecule has 1 heterocycles. The molecule has 0 saturated heterocycles. The Morgan fingerprint density at radius 3 is 2.65 bits per heavy atom. The van der Waals surface area contributed by atoms with Gasteiger partial charge in [0, 0.05) is 0 Å². The third-order valence-electron chi connectivity index (χ3n) is 5.06. The van der Waals surface area contributed by atoms with E-state index < -0.39 is 0 Å². The lowest BCUT2D eigenvalue weighted by atomic mass is 9.85. The normalized spacial score (nSPS) is 16.9. The van der Waals surface area contributed by atoms with Gasteiger partial charge in [0.05, 0.1) is 11.7 Å². The number of rotatable bonds is 5. The predicted octanol–water partition coefficient (Wildman–Crippen LogP) is 4.27. The minimum Gasteiger partial charge on any atom is -0.241 e. The SMILES string of the molecule is CC(c1ccccc1)n1nnc(C#N)c1CCC1CCCCC1. The van der Waals surface area contributed by atoms with Crippen molar-refractivity contribution in [1.29, 1.82) is 5.26 Å². The fourth-order valence-electron chi connectivity index (χ4n) is 3.63. The van der Waals surface area contributed by atoms with E-state index >= 15 is 0 Å². The molecule has 1 saturated carbocycles. The van der Waals surface area contributed by atoms with E-state index in [-0.39, 0.29) is 6.04 Å². The van der Waals surface area contributed by atoms with Crippen LogP contribution in [0.2, 0.25) is 0 Å². The first-order chi connectivity index (χ1) is 11.3. The van der Waals surface area contributed by atoms with Crippen molar-refractivity contribution in [1.82, 2.24) is 15.0 Å². The molecule has 1 atom stereocenters. The number of aromatic nitrogens is 3. The second-order valence-electron chi connectivity index (χ2n) is 6.57. The van der Waals surface area contributed by atoms with Crippen molar-refractivity contribution in [3.63, 3.8) is 0 Å². The molecule has 0 spiro atoms. The van der Waals surface area contributed by atoms with Crippen LogP contribution in [0.1, 0.15) is 68.4 Å². The van der Waals surface area contributed by atoms with E-state index in [0.717, 1.165) is 24.5 Å². The van der Waals surface area contributed by atoms with Crippen molar-refractivity contribution in [2.75, 3.05) is 0 Å². The van der Waals surface area contributed by atoms with E-state index in [1.165, 1.54) is 37.7 Å². The maximum absolute atomic E-state index is 9.36. The Labute approximate surface area is 138 Å². The highest BCUT2D eigenvalue weighted by atomic mass is 15.4. The van der Waals surface area contributed by atoms with Gasteiger partial charge in [0.25, 0.3) is 0 Å². The highest BCUT2D eigenvalue weighted by molar-refractivity contribution is 5.27. The summed E-state index contributed by atoms with van der Waals surface area (Å²) in [5.41, 5.74) is 2.68. The van der Waals surface area contributed by atoms with E-state index in [2.05, 4.69) is 35.4 Å². The van der Waals surface area contributed by atoms with Gasteiger partial charge in [-0.15, -0.1) is 5.10 Å². The van der Waals surface area contributed by atoms with Gasteiger partial charge < -0.3 is 0 Å². The topological polar surface area (TPSA) is 54.5 Å². The van der Waals surface area contributed by atoms with Gasteiger partial charge in [-0.2, -0.15) is 5.26 Å². The van der Waals surface area contributed by atoms with Crippen LogP contribution >= 0.6 is 0 Å². The number of nitrogens with zero attached hydrogens (tertiary/aromatic N) is 4. The summed E-state index contributed by atoms with van der Waals surface area (Å²) in [7, 11) is 0. The highest BCUT2D eigenvalue weighted by Crippen LogP contribution is 2.28. The second kappa shape index (κ2) is 7.41. The summed E-state index contributed by atoms with van der Waals surface area (Å²) >= 11 is 0. The van der Waals surface area contributed by atoms with Gasteiger partial charge in [-0.1, -0.05) is 67.6 Å². The first kappa shape index (κ1) is 15.7. The molecule has 1 fully saturated rings. The summed E-state index contributed by atoms with van der Waals surface area (Å²) in [6.45, 7) is 2.12. The van der Waals surface area contributed by atoms with Crippen molar-refractivity contribution in [3.05, 3.63) is 47.3 Å². The molecule has 23 heavy (non-hydrogen) atoms. The molecular weight excluding hydrogens is 284 g/mol. The third-order valence-corrected chi connectivity index (χ3v) is 5.06. The Morgan fingerprint density at radius 1 is 1.22 bits per heavy atom. The van der Waals surface area contributed by atoms with Crippen LogP contribution in [0, 0.1) is 17.2 Å². The molecule has 0 radical (unpaired) electrons. The molecule has 1 unspecified atom stereocenters. The van der Waals surface area contributed by atoms with Crippen molar-refractivity contribution in [2.24, 2.45) is 5.92 Å². The van der Waals surface area contributed by atoms with E-state index in [1.807, 2.05) is 22.9 Å². The van der Waals surface area contributed by atoms with Crippen molar-refractivity contribution < 1.29 is 0 Å². The number of hydrogen-bond donors (Lipinski definition) is 0. The largest absolute Gasteiger partial charge is 0.241 e. The third kappa shape index (κ3) is 3.61. The molecule has 2 aromatic rings. The molecule has 1 aromatic carbocycles. The van der Waals surface area contributed by atoms with Crippen molar-refractivity contribution >= 4 is 0 Å². The number of hydrogen-bond acceptors (Lipinski definition) is 3. The minimum atomic E-state index is 0.104. The summed E-state index contributed by atoms with van der Waals surface area (Å²) in [6, 6.07) is 12.6. The van der Waals surface area contributed by atoms with Crippen LogP contribution in [0.25, 0.3) is 0 Å². The first-order valence-electron chi connectivity index (χ1n) is 8.68. The molecule has 0 amide bonds. The van der Waals surface area contributed by atoms with Crippen LogP contribution in [0.3, 0.4) is 0 Å². The standard InChI is InChI=1S/C19H24N4/c1-15(17-10-6-3-7-11-17)23-19(18(14-20)21-22-23)13-12-16-8-4-2-5-9-16/h3,6-7,10-11,15-16H,2,4-5,8-9,12-13H2,1H3. The predicted molar refractivity (Wildman–Crippen MR) is 89.9 cm³/mol. The molecule has 3 rings (SSSR count). The highest BCUT2D eigenvalue weighted by Gasteiger charge is 2.20. The maximum atomic E-state index is 9.36. The summed E-state index contributed by atoms with van der Waals surface area (Å²) in [6.07, 6.45) is 8.79. The minimum absolute atomic E-state index is 0.104. The van der Waals surface area contributed by atoms with Gasteiger partial charge in [0.2, 0.25) is 0 Å². The zero-order valence-electron chi connectivity index (χ0n) is 13.8. The molecule has 1 aliphatic rings. The average Bonchev–Trinajstić information content (AvgIpc) is 3.04. The van der Waals surface area contributed by atoms with E-state index in [9.17, 15) is 5.26 Å². The molecule has 1 aliphatic carbocycles. The summed E-state index contributed by atoms with van der Waals surface area (Å²) < 4.78 is 1.94. The Bertz CT molecular complexity index is 662. The average molecular weight is 308 g/mol. The molecule has 4 nitrogen and oxygen atoms in total. The second-order valence-corrected chi connectivity index (χ2v) is 6.57. The monoisotopic (exact) mass is 308 g/mol. The van der Waals surface area contributed by atoms with E-state index in [1.54, 1.807) is 0 Å². The van der Waals surface area contributed by atoms with E-state index in [0.29, 0.717) is 5.69 Å². The Morgan fingerprint density at radius 2 is 1.96 bits per heavy atom. The van der Waals surface area contributed by atoms with Gasteiger partial charge in [-0.05, 0) is 31.2 Å². The van der Waals surface area contributed by atoms with Crippen molar-refractivity contribution in [2.45, 2.75) is 57.9 Å². The number of benzene rings is 1. The molecule has 120 valence electrons. The lowest BCUT2D eigenvalue weighted by molar-refractivity contribution is 0.335. The van der Waals surface area contributed by atoms with Crippen LogP contribution in [0.15, 0.2) is 30.3 Å². The molecule has 0 N–H and O–H groups in total. The Kier molecular flexibility index (Phi) is 5.07. The lowest BCUT2D eigenvalue weighted by Gasteiger charge is -2.22. The van der Waals surface area contributed by atoms with Crippen molar-refractivity contribution in [3.8, 4) is 6.07 Å². The van der Waals surface area contributed by atoms with E-state index in [4.69, 9.17) is 0 Å². The quantitative estimate of drug-likeness (QED) is 0.828. The van der Waals surface area contributed by atoms with Crippen LogP contribution in [-0.4, -0.2) is 15.0 Å². The molecular formula is C19H24N4. The molecule has 0 aliphatic heterocycles. The van der Waals surface area contributed by atoms with Gasteiger partial charge >= 0.3 is 0 Å². The van der Waals surface area contributed by atoms with Gasteiger partial charge in [-0.3, -0.25) is 0 Å². The van der Waals surface area contributed by atoms with Crippen LogP contribution in [0.4, 0.5) is 0 Å². The fourth-order valence-corrected chi connectivity index (χ4v) is 3.63. The number of nitriles is 1. The molecule has 1 aromatic heterocycles. The Hall–Kier alpha value is -2.15. The molecule has 0 bridgehead atoms. The van der Waals surface area contributed by atoms with Gasteiger partial charge in [0.1, 0.15) is 6.07 Å². The fraction of sp³-hybridized carbons (Fsp3) is 0.526. The zero-order chi connectivity index (χ0) is 16.1. The van der Waals surface area contributed by atoms with Crippen LogP contribution < -0.4 is 0 Å². The summed E-state index contributed by atoms with van der Waals surface area (Å²) in [5.74, 6) is 0.797. The van der Waals surface area contributed by atoms with Gasteiger partial charge in [0.15, 0.2) is 5.69 Å².